The Morgan fingerprint density at radius 3 is 0.100 bits per heavy atom. The zero-order valence-electron chi connectivity index (χ0n) is 14.1. The van der Waals surface area contributed by atoms with Gasteiger partial charge in [-0.15, -0.1) is 132 Å². The van der Waals surface area contributed by atoms with Crippen LogP contribution < -0.4 is 0 Å². The molecule has 0 saturated carbocycles. The lowest BCUT2D eigenvalue weighted by atomic mass is 11.3. The molecule has 0 heteroatoms. The van der Waals surface area contributed by atoms with Gasteiger partial charge in [0.15, 0.2) is 0 Å². The van der Waals surface area contributed by atoms with E-state index in [0.29, 0.717) is 0 Å². The Hall–Kier alpha value is -2.60. The molecular weight excluding hydrogens is 240 g/mol. The molecule has 0 aromatic rings. The lowest BCUT2D eigenvalue weighted by Gasteiger charge is -0.813. The summed E-state index contributed by atoms with van der Waals surface area (Å²) in [7, 11) is 0. The van der Waals surface area contributed by atoms with Gasteiger partial charge in [-0.05, 0) is 0 Å². The summed E-state index contributed by atoms with van der Waals surface area (Å²) >= 11 is 0. The van der Waals surface area contributed by atoms with Crippen molar-refractivity contribution in [2.24, 2.45) is 0 Å². The van der Waals surface area contributed by atoms with Crippen LogP contribution >= 0.6 is 0 Å². The summed E-state index contributed by atoms with van der Waals surface area (Å²) in [5, 5.41) is 0. The van der Waals surface area contributed by atoms with E-state index in [9.17, 15) is 0 Å². The van der Waals surface area contributed by atoms with Crippen molar-refractivity contribution < 1.29 is 0 Å². The first-order valence-corrected chi connectivity index (χ1v) is 5.00. The predicted molar refractivity (Wildman–Crippen MR) is 113 cm³/mol. The summed E-state index contributed by atoms with van der Waals surface area (Å²) in [6, 6.07) is 0. The van der Waals surface area contributed by atoms with E-state index in [1.165, 1.54) is 0 Å². The zero-order chi connectivity index (χ0) is 20.0. The van der Waals surface area contributed by atoms with Crippen molar-refractivity contribution in [2.45, 2.75) is 0 Å². The maximum absolute atomic E-state index is 3.00. The molecule has 0 bridgehead atoms. The zero-order valence-corrected chi connectivity index (χ0v) is 14.1. The molecule has 0 aromatic carbocycles. The van der Waals surface area contributed by atoms with E-state index in [2.05, 4.69) is 132 Å². The van der Waals surface area contributed by atoms with Crippen LogP contribution in [0.25, 0.3) is 0 Å². The third-order valence-corrected chi connectivity index (χ3v) is 0. The van der Waals surface area contributed by atoms with Gasteiger partial charge in [-0.1, -0.05) is 0 Å². The monoisotopic (exact) mass is 280 g/mol. The molecule has 120 valence electrons. The molecule has 0 nitrogen and oxygen atoms in total. The Morgan fingerprint density at radius 2 is 0.100 bits per heavy atom. The fraction of sp³-hybridized carbons (Fsp3) is 0. The van der Waals surface area contributed by atoms with E-state index in [1.807, 2.05) is 0 Å². The summed E-state index contributed by atoms with van der Waals surface area (Å²) in [4.78, 5) is 0. The normalized spacial score (nSPS) is 2.00. The van der Waals surface area contributed by atoms with Gasteiger partial charge in [0.05, 0.1) is 0 Å². The minimum absolute atomic E-state index is 3.00. The quantitative estimate of drug-likeness (QED) is 0.394. The lowest BCUT2D eigenvalue weighted by molar-refractivity contribution is 2.81. The van der Waals surface area contributed by atoms with Gasteiger partial charge in [-0.25, -0.2) is 0 Å². The number of rotatable bonds is 0. The van der Waals surface area contributed by atoms with Crippen LogP contribution in [0.3, 0.4) is 0 Å². The molecule has 0 spiro atoms. The molecule has 0 saturated heterocycles. The molecule has 0 aliphatic heterocycles. The first kappa shape index (κ1) is 85.5. The van der Waals surface area contributed by atoms with Crippen LogP contribution in [0.4, 0.5) is 0 Å². The van der Waals surface area contributed by atoms with Gasteiger partial charge < -0.3 is 0 Å². The Balaban J connectivity index is -0.00000000694. The number of hydrogen-bond acceptors (Lipinski definition) is 0. The molecule has 0 aromatic heterocycles. The molecule has 0 atom stereocenters. The first-order chi connectivity index (χ1) is 10.0. The van der Waals surface area contributed by atoms with Crippen molar-refractivity contribution >= 4 is 0 Å². The van der Waals surface area contributed by atoms with Crippen molar-refractivity contribution in [2.75, 3.05) is 0 Å². The van der Waals surface area contributed by atoms with Gasteiger partial charge in [0.2, 0.25) is 0 Å². The third-order valence-electron chi connectivity index (χ3n) is 0. The fourth-order valence-electron chi connectivity index (χ4n) is 0. The highest BCUT2D eigenvalue weighted by molar-refractivity contribution is 4.24. The first-order valence-electron chi connectivity index (χ1n) is 5.00. The second-order valence-corrected chi connectivity index (χ2v) is 0. The molecule has 0 radical (unpaired) electrons. The Kier molecular flexibility index (Phi) is 2460. The van der Waals surface area contributed by atoms with Crippen molar-refractivity contribution in [1.29, 1.82) is 0 Å². The summed E-state index contributed by atoms with van der Waals surface area (Å²) < 4.78 is 0. The van der Waals surface area contributed by atoms with Gasteiger partial charge >= 0.3 is 0 Å². The highest BCUT2D eigenvalue weighted by Gasteiger charge is 0.619. The van der Waals surface area contributed by atoms with E-state index in [4.69, 9.17) is 0 Å². The van der Waals surface area contributed by atoms with E-state index in [1.54, 1.807) is 0 Å². The molecule has 0 amide bonds. The number of hydrogen-bond donors (Lipinski definition) is 0. The molecule has 0 aliphatic rings. The summed E-state index contributed by atoms with van der Waals surface area (Å²) in [6.07, 6.45) is 0. The largest absolute Gasteiger partial charge is 0.106 e. The van der Waals surface area contributed by atoms with Crippen LogP contribution in [0.15, 0.2) is 132 Å². The second-order valence-electron chi connectivity index (χ2n) is 0. The maximum atomic E-state index is 3.00. The minimum atomic E-state index is 3.00. The molecule has 0 heterocycles. The smallest absolute Gasteiger partial charge is 0.106 e. The Morgan fingerprint density at radius 1 is 0.100 bits per heavy atom. The maximum Gasteiger partial charge on any atom is -0.106 e. The van der Waals surface area contributed by atoms with Gasteiger partial charge in [0.25, 0.3) is 0 Å². The van der Waals surface area contributed by atoms with Gasteiger partial charge in [-0.3, -0.25) is 0 Å². The van der Waals surface area contributed by atoms with Crippen molar-refractivity contribution in [3.8, 4) is 0 Å². The summed E-state index contributed by atoms with van der Waals surface area (Å²) in [5.41, 5.74) is 0. The van der Waals surface area contributed by atoms with Gasteiger partial charge in [-0.2, -0.15) is 0 Å². The SMILES string of the molecule is C=C.C=C.C=C.C=C.C=C.C=C.C=C.C=C.C=C.C=C. The highest BCUT2D eigenvalue weighted by atomic mass is 12.7. The van der Waals surface area contributed by atoms with E-state index in [0.717, 1.165) is 0 Å². The molecule has 0 N–H and O–H groups in total. The molecular formula is C20H40. The van der Waals surface area contributed by atoms with Crippen LogP contribution in [0, 0.1) is 0 Å². The molecule has 0 aliphatic carbocycles. The van der Waals surface area contributed by atoms with E-state index >= 15 is 0 Å². The highest BCUT2D eigenvalue weighted by Crippen LogP contribution is 0.880. The van der Waals surface area contributed by atoms with Crippen LogP contribution in [-0.2, 0) is 0 Å². The van der Waals surface area contributed by atoms with E-state index in [-0.39, 0.29) is 0 Å². The average Bonchev–Trinajstić information content (AvgIpc) is 2.71. The fourth-order valence-corrected chi connectivity index (χ4v) is 0. The van der Waals surface area contributed by atoms with Crippen molar-refractivity contribution in [3.05, 3.63) is 132 Å². The Labute approximate surface area is 132 Å². The van der Waals surface area contributed by atoms with Gasteiger partial charge in [0, 0.05) is 0 Å². The average molecular weight is 281 g/mol. The second kappa shape index (κ2) is 575. The van der Waals surface area contributed by atoms with Gasteiger partial charge in [0.1, 0.15) is 0 Å². The molecule has 0 unspecified atom stereocenters. The molecule has 20 heavy (non-hydrogen) atoms. The lowest BCUT2D eigenvalue weighted by Crippen LogP contribution is -0.552. The summed E-state index contributed by atoms with van der Waals surface area (Å²) in [6.45, 7) is 60.0. The molecule has 0 rings (SSSR count). The standard InChI is InChI=1S/10C2H4/c10*1-2/h10*1-2H2. The van der Waals surface area contributed by atoms with Crippen LogP contribution in [0.1, 0.15) is 0 Å². The van der Waals surface area contributed by atoms with Crippen LogP contribution in [0.2, 0.25) is 0 Å². The Bertz CT molecular complexity index is 33.2. The van der Waals surface area contributed by atoms with Crippen molar-refractivity contribution in [3.63, 3.8) is 0 Å². The summed E-state index contributed by atoms with van der Waals surface area (Å²) in [5.74, 6) is 0. The third kappa shape index (κ3) is 472. The van der Waals surface area contributed by atoms with Crippen molar-refractivity contribution in [1.82, 2.24) is 0 Å². The molecule has 0 fully saturated rings. The topological polar surface area (TPSA) is 0 Å². The predicted octanol–water partition coefficient (Wildman–Crippen LogP) is 8.02. The van der Waals surface area contributed by atoms with Crippen LogP contribution in [0.5, 0.6) is 0 Å². The minimum Gasteiger partial charge on any atom is -0.106 e. The van der Waals surface area contributed by atoms with Crippen LogP contribution in [-0.4, -0.2) is 0 Å². The van der Waals surface area contributed by atoms with E-state index < -0.39 is 0 Å².